The maximum Gasteiger partial charge on any atom is 0.249 e. The van der Waals surface area contributed by atoms with E-state index < -0.39 is 16.4 Å². The maximum absolute atomic E-state index is 6.86. The van der Waals surface area contributed by atoms with Gasteiger partial charge in [-0.3, -0.25) is 0 Å². The molecule has 1 aromatic carbocycles. The predicted molar refractivity (Wildman–Crippen MR) is 110 cm³/mol. The first kappa shape index (κ1) is 20.2. The Kier molecular flexibility index (Phi) is 5.81. The molecule has 0 unspecified atom stereocenters. The molecule has 0 aliphatic carbocycles. The molecule has 0 aromatic heterocycles. The Morgan fingerprint density at radius 2 is 1.30 bits per heavy atom. The largest absolute Gasteiger partial charge is 0.550 e. The fourth-order valence-corrected chi connectivity index (χ4v) is 5.80. The van der Waals surface area contributed by atoms with Crippen LogP contribution in [0.4, 0.5) is 0 Å². The van der Waals surface area contributed by atoms with Gasteiger partial charge in [-0.15, -0.1) is 0 Å². The van der Waals surface area contributed by atoms with Crippen LogP contribution in [0.15, 0.2) is 35.7 Å². The van der Waals surface area contributed by atoms with Crippen molar-refractivity contribution in [3.05, 3.63) is 41.3 Å². The van der Waals surface area contributed by atoms with Crippen LogP contribution < -0.4 is 0 Å². The summed E-state index contributed by atoms with van der Waals surface area (Å²) in [5.41, 5.74) is 1.24. The zero-order chi connectivity index (χ0) is 18.1. The van der Waals surface area contributed by atoms with Gasteiger partial charge in [-0.2, -0.15) is 0 Å². The Morgan fingerprint density at radius 3 is 1.70 bits per heavy atom. The van der Waals surface area contributed by atoms with Crippen molar-refractivity contribution in [3.63, 3.8) is 0 Å². The van der Waals surface area contributed by atoms with Crippen LogP contribution in [-0.4, -0.2) is 16.4 Å². The second-order valence-electron chi connectivity index (χ2n) is 9.66. The molecule has 1 nitrogen and oxygen atoms in total. The van der Waals surface area contributed by atoms with E-state index in [1.807, 2.05) is 0 Å². The molecule has 0 saturated heterocycles. The summed E-state index contributed by atoms with van der Waals surface area (Å²) in [5.74, 6) is 0. The van der Waals surface area contributed by atoms with Crippen LogP contribution in [-0.2, 0) is 4.43 Å². The lowest BCUT2D eigenvalue weighted by Gasteiger charge is -2.45. The summed E-state index contributed by atoms with van der Waals surface area (Å²) < 4.78 is 6.86. The lowest BCUT2D eigenvalue weighted by Crippen LogP contribution is -2.48. The molecule has 3 heteroatoms. The number of hydrogen-bond acceptors (Lipinski definition) is 1. The molecule has 0 heterocycles. The van der Waals surface area contributed by atoms with E-state index in [9.17, 15) is 0 Å². The number of rotatable bonds is 4. The SMILES string of the molecule is CC(C)(C)[Si](C)(C)O/C(=C/c1ccccc1)[Si](C)(C)C(C)(C)C. The molecule has 0 aliphatic rings. The zero-order valence-electron chi connectivity index (χ0n) is 16.9. The van der Waals surface area contributed by atoms with Gasteiger partial charge in [0.25, 0.3) is 0 Å². The van der Waals surface area contributed by atoms with Gasteiger partial charge in [0.1, 0.15) is 8.07 Å². The predicted octanol–water partition coefficient (Wildman–Crippen LogP) is 7.10. The molecule has 0 spiro atoms. The number of hydrogen-bond donors (Lipinski definition) is 0. The molecule has 0 bridgehead atoms. The van der Waals surface area contributed by atoms with E-state index in [-0.39, 0.29) is 10.1 Å². The van der Waals surface area contributed by atoms with Crippen molar-refractivity contribution < 1.29 is 4.43 Å². The minimum absolute atomic E-state index is 0.213. The first-order valence-corrected chi connectivity index (χ1v) is 14.6. The Hall–Kier alpha value is -0.806. The molecule has 0 atom stereocenters. The van der Waals surface area contributed by atoms with Gasteiger partial charge in [0.15, 0.2) is 0 Å². The van der Waals surface area contributed by atoms with E-state index in [0.29, 0.717) is 0 Å². The van der Waals surface area contributed by atoms with Gasteiger partial charge in [-0.25, -0.2) is 0 Å². The third kappa shape index (κ3) is 4.83. The third-order valence-corrected chi connectivity index (χ3v) is 15.5. The minimum atomic E-state index is -1.84. The molecule has 0 fully saturated rings. The molecule has 0 amide bonds. The van der Waals surface area contributed by atoms with Gasteiger partial charge in [-0.05, 0) is 34.8 Å². The molecule has 0 radical (unpaired) electrons. The average molecular weight is 349 g/mol. The van der Waals surface area contributed by atoms with E-state index in [2.05, 4.69) is 104 Å². The third-order valence-electron chi connectivity index (χ3n) is 5.76. The van der Waals surface area contributed by atoms with E-state index in [4.69, 9.17) is 4.43 Å². The normalized spacial score (nSPS) is 14.8. The van der Waals surface area contributed by atoms with Crippen LogP contribution in [0.3, 0.4) is 0 Å². The van der Waals surface area contributed by atoms with Gasteiger partial charge < -0.3 is 4.43 Å². The van der Waals surface area contributed by atoms with Gasteiger partial charge in [0.2, 0.25) is 8.32 Å². The molecule has 0 N–H and O–H groups in total. The van der Waals surface area contributed by atoms with Crippen LogP contribution >= 0.6 is 0 Å². The Balaban J connectivity index is 3.37. The van der Waals surface area contributed by atoms with Crippen LogP contribution in [0.2, 0.25) is 36.3 Å². The van der Waals surface area contributed by atoms with Crippen LogP contribution in [0.5, 0.6) is 0 Å². The fourth-order valence-electron chi connectivity index (χ4n) is 1.84. The summed E-state index contributed by atoms with van der Waals surface area (Å²) in [5, 5.41) is 1.73. The molecular weight excluding hydrogens is 312 g/mol. The lowest BCUT2D eigenvalue weighted by atomic mass is 10.2. The van der Waals surface area contributed by atoms with Crippen molar-refractivity contribution in [2.75, 3.05) is 0 Å². The van der Waals surface area contributed by atoms with Crippen LogP contribution in [0.1, 0.15) is 47.1 Å². The topological polar surface area (TPSA) is 9.23 Å². The summed E-state index contributed by atoms with van der Waals surface area (Å²) in [4.78, 5) is 0. The highest BCUT2D eigenvalue weighted by Gasteiger charge is 2.46. The standard InChI is InChI=1S/C20H36OSi2/c1-19(2,3)22(7,8)18(16-17-14-12-11-13-15-17)21-23(9,10)20(4,5)6/h11-16H,1-10H3/b18-16-. The minimum Gasteiger partial charge on any atom is -0.550 e. The highest BCUT2D eigenvalue weighted by atomic mass is 28.4. The Labute approximate surface area is 146 Å². The summed E-state index contributed by atoms with van der Waals surface area (Å²) >= 11 is 0. The second-order valence-corrected chi connectivity index (χ2v) is 19.6. The van der Waals surface area contributed by atoms with Crippen molar-refractivity contribution in [2.45, 2.75) is 77.8 Å². The quantitative estimate of drug-likeness (QED) is 0.416. The van der Waals surface area contributed by atoms with E-state index in [1.165, 1.54) is 10.9 Å². The summed E-state index contributed by atoms with van der Waals surface area (Å²) in [6.07, 6.45) is 2.30. The molecule has 23 heavy (non-hydrogen) atoms. The van der Waals surface area contributed by atoms with Crippen molar-refractivity contribution in [2.24, 2.45) is 0 Å². The monoisotopic (exact) mass is 348 g/mol. The van der Waals surface area contributed by atoms with E-state index in [1.54, 1.807) is 0 Å². The van der Waals surface area contributed by atoms with Gasteiger partial charge in [0.05, 0.1) is 5.38 Å². The van der Waals surface area contributed by atoms with Crippen molar-refractivity contribution in [1.29, 1.82) is 0 Å². The highest BCUT2D eigenvalue weighted by molar-refractivity contribution is 6.88. The molecule has 0 saturated carbocycles. The van der Waals surface area contributed by atoms with Crippen molar-refractivity contribution >= 4 is 22.5 Å². The second kappa shape index (κ2) is 6.60. The first-order chi connectivity index (χ1) is 10.2. The maximum atomic E-state index is 6.86. The van der Waals surface area contributed by atoms with Crippen molar-refractivity contribution in [3.8, 4) is 0 Å². The average Bonchev–Trinajstić information content (AvgIpc) is 2.36. The molecule has 0 aliphatic heterocycles. The van der Waals surface area contributed by atoms with Crippen LogP contribution in [0.25, 0.3) is 6.08 Å². The molecular formula is C20H36OSi2. The smallest absolute Gasteiger partial charge is 0.249 e. The summed E-state index contributed by atoms with van der Waals surface area (Å²) in [6, 6.07) is 10.6. The van der Waals surface area contributed by atoms with Gasteiger partial charge >= 0.3 is 0 Å². The molecule has 130 valence electrons. The Morgan fingerprint density at radius 1 is 0.826 bits per heavy atom. The zero-order valence-corrected chi connectivity index (χ0v) is 18.9. The number of benzene rings is 1. The van der Waals surface area contributed by atoms with E-state index in [0.717, 1.165) is 0 Å². The van der Waals surface area contributed by atoms with Crippen molar-refractivity contribution in [1.82, 2.24) is 0 Å². The van der Waals surface area contributed by atoms with Gasteiger partial charge in [0, 0.05) is 0 Å². The van der Waals surface area contributed by atoms with Gasteiger partial charge in [-0.1, -0.05) is 85.0 Å². The highest BCUT2D eigenvalue weighted by Crippen LogP contribution is 2.45. The van der Waals surface area contributed by atoms with E-state index >= 15 is 0 Å². The molecule has 1 rings (SSSR count). The lowest BCUT2D eigenvalue weighted by molar-refractivity contribution is 0.407. The fraction of sp³-hybridized carbons (Fsp3) is 0.600. The van der Waals surface area contributed by atoms with Crippen LogP contribution in [0, 0.1) is 0 Å². The first-order valence-electron chi connectivity index (χ1n) is 8.65. The Bertz CT molecular complexity index is 543. The summed E-state index contributed by atoms with van der Waals surface area (Å²) in [7, 11) is -3.58. The summed E-state index contributed by atoms with van der Waals surface area (Å²) in [6.45, 7) is 23.6. The molecule has 1 aromatic rings.